The Morgan fingerprint density at radius 1 is 1.35 bits per heavy atom. The first-order valence-corrected chi connectivity index (χ1v) is 5.35. The SMILES string of the molecule is COc1c(Cl)cc(Cl)cc1CC(N)C(F)(F)F. The van der Waals surface area contributed by atoms with Crippen molar-refractivity contribution in [2.45, 2.75) is 18.6 Å². The molecule has 1 aromatic carbocycles. The van der Waals surface area contributed by atoms with Gasteiger partial charge in [0.05, 0.1) is 12.1 Å². The molecule has 0 saturated heterocycles. The van der Waals surface area contributed by atoms with Crippen molar-refractivity contribution < 1.29 is 17.9 Å². The lowest BCUT2D eigenvalue weighted by molar-refractivity contribution is -0.147. The summed E-state index contributed by atoms with van der Waals surface area (Å²) in [5, 5.41) is 0.393. The molecule has 17 heavy (non-hydrogen) atoms. The molecule has 2 N–H and O–H groups in total. The molecule has 0 aromatic heterocycles. The second-order valence-electron chi connectivity index (χ2n) is 3.43. The van der Waals surface area contributed by atoms with Crippen molar-refractivity contribution in [2.24, 2.45) is 5.73 Å². The molecule has 1 atom stereocenters. The van der Waals surface area contributed by atoms with E-state index in [0.29, 0.717) is 0 Å². The van der Waals surface area contributed by atoms with Crippen molar-refractivity contribution >= 4 is 23.2 Å². The lowest BCUT2D eigenvalue weighted by Crippen LogP contribution is -2.39. The number of hydrogen-bond acceptors (Lipinski definition) is 2. The fourth-order valence-corrected chi connectivity index (χ4v) is 1.96. The van der Waals surface area contributed by atoms with E-state index in [1.165, 1.54) is 19.2 Å². The van der Waals surface area contributed by atoms with Crippen molar-refractivity contribution in [2.75, 3.05) is 7.11 Å². The molecular formula is C10H10Cl2F3NO. The molecule has 7 heteroatoms. The lowest BCUT2D eigenvalue weighted by Gasteiger charge is -2.18. The van der Waals surface area contributed by atoms with Crippen LogP contribution >= 0.6 is 23.2 Å². The number of ether oxygens (including phenoxy) is 1. The van der Waals surface area contributed by atoms with Crippen LogP contribution in [0.5, 0.6) is 5.75 Å². The van der Waals surface area contributed by atoms with Crippen LogP contribution in [0, 0.1) is 0 Å². The van der Waals surface area contributed by atoms with Gasteiger partial charge in [-0.1, -0.05) is 23.2 Å². The minimum Gasteiger partial charge on any atom is -0.495 e. The molecule has 1 aromatic rings. The number of benzene rings is 1. The van der Waals surface area contributed by atoms with Crippen LogP contribution in [0.15, 0.2) is 12.1 Å². The predicted molar refractivity (Wildman–Crippen MR) is 60.7 cm³/mol. The standard InChI is InChI=1S/C10H10Cl2F3NO/c1-17-9-5(2-6(11)4-7(9)12)3-8(16)10(13,14)15/h2,4,8H,3,16H2,1H3. The third kappa shape index (κ3) is 3.66. The van der Waals surface area contributed by atoms with E-state index in [1.54, 1.807) is 0 Å². The molecule has 2 nitrogen and oxygen atoms in total. The maximum atomic E-state index is 12.3. The zero-order valence-electron chi connectivity index (χ0n) is 8.81. The highest BCUT2D eigenvalue weighted by Crippen LogP contribution is 2.34. The third-order valence-corrected chi connectivity index (χ3v) is 2.65. The molecule has 0 bridgehead atoms. The molecule has 0 heterocycles. The number of alkyl halides is 3. The second-order valence-corrected chi connectivity index (χ2v) is 4.28. The Hall–Kier alpha value is -0.650. The largest absolute Gasteiger partial charge is 0.495 e. The summed E-state index contributed by atoms with van der Waals surface area (Å²) < 4.78 is 42.0. The average molecular weight is 288 g/mol. The van der Waals surface area contributed by atoms with Crippen molar-refractivity contribution in [1.82, 2.24) is 0 Å². The van der Waals surface area contributed by atoms with Gasteiger partial charge in [-0.15, -0.1) is 0 Å². The molecule has 1 unspecified atom stereocenters. The van der Waals surface area contributed by atoms with Crippen LogP contribution < -0.4 is 10.5 Å². The fourth-order valence-electron chi connectivity index (χ4n) is 1.35. The van der Waals surface area contributed by atoms with E-state index in [2.05, 4.69) is 0 Å². The third-order valence-electron chi connectivity index (χ3n) is 2.15. The molecule has 0 radical (unpaired) electrons. The monoisotopic (exact) mass is 287 g/mol. The Kier molecular flexibility index (Phi) is 4.52. The molecule has 0 amide bonds. The molecule has 0 spiro atoms. The van der Waals surface area contributed by atoms with Gasteiger partial charge < -0.3 is 10.5 Å². The lowest BCUT2D eigenvalue weighted by atomic mass is 10.1. The number of methoxy groups -OCH3 is 1. The highest BCUT2D eigenvalue weighted by atomic mass is 35.5. The summed E-state index contributed by atoms with van der Waals surface area (Å²) in [7, 11) is 1.32. The van der Waals surface area contributed by atoms with Gasteiger partial charge >= 0.3 is 6.18 Å². The van der Waals surface area contributed by atoms with Crippen LogP contribution in [0.25, 0.3) is 0 Å². The van der Waals surface area contributed by atoms with E-state index in [4.69, 9.17) is 33.7 Å². The Labute approximate surface area is 106 Å². The van der Waals surface area contributed by atoms with Gasteiger partial charge in [-0.05, 0) is 17.7 Å². The molecule has 0 aliphatic carbocycles. The van der Waals surface area contributed by atoms with Crippen LogP contribution in [0.4, 0.5) is 13.2 Å². The summed E-state index contributed by atoms with van der Waals surface area (Å²) in [6, 6.07) is 0.772. The first-order chi connectivity index (χ1) is 7.75. The van der Waals surface area contributed by atoms with E-state index >= 15 is 0 Å². The van der Waals surface area contributed by atoms with Crippen LogP contribution in [-0.4, -0.2) is 19.3 Å². The minimum atomic E-state index is -4.47. The predicted octanol–water partition coefficient (Wildman–Crippen LogP) is 3.43. The Bertz CT molecular complexity index is 409. The fraction of sp³-hybridized carbons (Fsp3) is 0.400. The zero-order valence-corrected chi connectivity index (χ0v) is 10.3. The summed E-state index contributed by atoms with van der Waals surface area (Å²) in [6.45, 7) is 0. The normalized spacial score (nSPS) is 13.6. The zero-order chi connectivity index (χ0) is 13.2. The second kappa shape index (κ2) is 5.33. The molecule has 0 aliphatic heterocycles. The summed E-state index contributed by atoms with van der Waals surface area (Å²) in [5.41, 5.74) is 5.27. The van der Waals surface area contributed by atoms with Crippen LogP contribution in [0.1, 0.15) is 5.56 Å². The summed E-state index contributed by atoms with van der Waals surface area (Å²) in [6.07, 6.45) is -4.91. The highest BCUT2D eigenvalue weighted by molar-refractivity contribution is 6.35. The molecular weight excluding hydrogens is 278 g/mol. The van der Waals surface area contributed by atoms with Gasteiger partial charge in [0.25, 0.3) is 0 Å². The van der Waals surface area contributed by atoms with E-state index in [9.17, 15) is 13.2 Å². The molecule has 0 fully saturated rings. The van der Waals surface area contributed by atoms with Gasteiger partial charge in [0, 0.05) is 11.4 Å². The maximum Gasteiger partial charge on any atom is 0.403 e. The Morgan fingerprint density at radius 3 is 2.41 bits per heavy atom. The topological polar surface area (TPSA) is 35.2 Å². The summed E-state index contributed by atoms with van der Waals surface area (Å²) in [5.74, 6) is 0.163. The van der Waals surface area contributed by atoms with Crippen molar-refractivity contribution in [1.29, 1.82) is 0 Å². The molecule has 96 valence electrons. The number of halogens is 5. The summed E-state index contributed by atoms with van der Waals surface area (Å²) >= 11 is 11.5. The van der Waals surface area contributed by atoms with Gasteiger partial charge in [0.15, 0.2) is 0 Å². The highest BCUT2D eigenvalue weighted by Gasteiger charge is 2.37. The van der Waals surface area contributed by atoms with E-state index in [1.807, 2.05) is 0 Å². The smallest absolute Gasteiger partial charge is 0.403 e. The first kappa shape index (κ1) is 14.4. The number of rotatable bonds is 3. The molecule has 1 rings (SSSR count). The van der Waals surface area contributed by atoms with E-state index in [0.717, 1.165) is 0 Å². The van der Waals surface area contributed by atoms with E-state index in [-0.39, 0.29) is 21.4 Å². The van der Waals surface area contributed by atoms with Crippen LogP contribution in [0.2, 0.25) is 10.0 Å². The summed E-state index contributed by atoms with van der Waals surface area (Å²) in [4.78, 5) is 0. The number of hydrogen-bond donors (Lipinski definition) is 1. The van der Waals surface area contributed by atoms with E-state index < -0.39 is 18.6 Å². The maximum absolute atomic E-state index is 12.3. The average Bonchev–Trinajstić information content (AvgIpc) is 2.15. The molecule has 0 saturated carbocycles. The van der Waals surface area contributed by atoms with Gasteiger partial charge in [0.2, 0.25) is 0 Å². The molecule has 0 aliphatic rings. The van der Waals surface area contributed by atoms with Crippen molar-refractivity contribution in [3.63, 3.8) is 0 Å². The first-order valence-electron chi connectivity index (χ1n) is 4.60. The van der Waals surface area contributed by atoms with Crippen molar-refractivity contribution in [3.8, 4) is 5.75 Å². The van der Waals surface area contributed by atoms with Gasteiger partial charge in [-0.3, -0.25) is 0 Å². The minimum absolute atomic E-state index is 0.157. The van der Waals surface area contributed by atoms with Crippen molar-refractivity contribution in [3.05, 3.63) is 27.7 Å². The quantitative estimate of drug-likeness (QED) is 0.924. The van der Waals surface area contributed by atoms with Gasteiger partial charge in [-0.2, -0.15) is 13.2 Å². The van der Waals surface area contributed by atoms with Crippen LogP contribution in [0.3, 0.4) is 0 Å². The van der Waals surface area contributed by atoms with Crippen LogP contribution in [-0.2, 0) is 6.42 Å². The van der Waals surface area contributed by atoms with Gasteiger partial charge in [0.1, 0.15) is 11.8 Å². The number of nitrogens with two attached hydrogens (primary N) is 1. The Balaban J connectivity index is 3.05. The van der Waals surface area contributed by atoms with Gasteiger partial charge in [-0.25, -0.2) is 0 Å². The Morgan fingerprint density at radius 2 is 1.94 bits per heavy atom.